The summed E-state index contributed by atoms with van der Waals surface area (Å²) in [6.07, 6.45) is 7.31. The average Bonchev–Trinajstić information content (AvgIpc) is 3.06. The minimum Gasteiger partial charge on any atom is -0.478 e. The van der Waals surface area contributed by atoms with Gasteiger partial charge in [0.1, 0.15) is 12.7 Å². The molecular weight excluding hydrogens is 270 g/mol. The van der Waals surface area contributed by atoms with E-state index in [1.165, 1.54) is 6.33 Å². The quantitative estimate of drug-likeness (QED) is 0.916. The van der Waals surface area contributed by atoms with Crippen molar-refractivity contribution in [3.8, 4) is 0 Å². The van der Waals surface area contributed by atoms with Crippen LogP contribution in [0.15, 0.2) is 25.0 Å². The molecule has 1 atom stereocenters. The van der Waals surface area contributed by atoms with Crippen LogP contribution in [0.1, 0.15) is 33.4 Å². The van der Waals surface area contributed by atoms with E-state index < -0.39 is 5.41 Å². The van der Waals surface area contributed by atoms with E-state index in [9.17, 15) is 4.79 Å². The maximum absolute atomic E-state index is 12.1. The standard InChI is InChI=1S/C14H17N5O2/c1-14(2,3)13(20)18-11-10-12(16-7-15-11)19(8-17-10)9-5-4-6-21-9/h4,6-9H,5H2,1-3H3,(H,15,16,18,20)/t9-/m1/s1. The highest BCUT2D eigenvalue weighted by molar-refractivity contribution is 5.99. The molecular formula is C14H17N5O2. The fraction of sp³-hybridized carbons (Fsp3) is 0.429. The third-order valence-corrected chi connectivity index (χ3v) is 3.25. The number of nitrogens with zero attached hydrogens (tertiary/aromatic N) is 4. The Balaban J connectivity index is 1.96. The zero-order valence-electron chi connectivity index (χ0n) is 12.2. The predicted octanol–water partition coefficient (Wildman–Crippen LogP) is 2.24. The Morgan fingerprint density at radius 3 is 2.86 bits per heavy atom. The molecule has 0 fully saturated rings. The highest BCUT2D eigenvalue weighted by Gasteiger charge is 2.24. The minimum absolute atomic E-state index is 0.115. The van der Waals surface area contributed by atoms with Crippen molar-refractivity contribution in [1.29, 1.82) is 0 Å². The number of rotatable bonds is 2. The zero-order valence-corrected chi connectivity index (χ0v) is 12.2. The molecule has 1 aliphatic heterocycles. The third-order valence-electron chi connectivity index (χ3n) is 3.25. The molecule has 1 N–H and O–H groups in total. The molecule has 0 radical (unpaired) electrons. The van der Waals surface area contributed by atoms with Gasteiger partial charge in [-0.05, 0) is 6.08 Å². The summed E-state index contributed by atoms with van der Waals surface area (Å²) in [5.74, 6) is 0.306. The lowest BCUT2D eigenvalue weighted by molar-refractivity contribution is -0.123. The first-order chi connectivity index (χ1) is 9.97. The van der Waals surface area contributed by atoms with Gasteiger partial charge in [0.05, 0.1) is 6.26 Å². The number of nitrogens with one attached hydrogen (secondary N) is 1. The summed E-state index contributed by atoms with van der Waals surface area (Å²) in [6.45, 7) is 5.53. The first-order valence-electron chi connectivity index (χ1n) is 6.76. The molecule has 2 aromatic rings. The van der Waals surface area contributed by atoms with Crippen LogP contribution in [0, 0.1) is 5.41 Å². The molecule has 0 saturated carbocycles. The van der Waals surface area contributed by atoms with Crippen molar-refractivity contribution in [2.45, 2.75) is 33.4 Å². The van der Waals surface area contributed by atoms with E-state index in [-0.39, 0.29) is 12.1 Å². The van der Waals surface area contributed by atoms with Gasteiger partial charge in [-0.1, -0.05) is 20.8 Å². The minimum atomic E-state index is -0.502. The molecule has 0 aromatic carbocycles. The van der Waals surface area contributed by atoms with Crippen LogP contribution in [-0.2, 0) is 9.53 Å². The van der Waals surface area contributed by atoms with Gasteiger partial charge in [-0.2, -0.15) is 0 Å². The van der Waals surface area contributed by atoms with Gasteiger partial charge in [-0.3, -0.25) is 9.36 Å². The Bertz CT molecular complexity index is 706. The van der Waals surface area contributed by atoms with E-state index in [0.29, 0.717) is 17.0 Å². The molecule has 3 rings (SSSR count). The third kappa shape index (κ3) is 2.46. The molecule has 3 heterocycles. The monoisotopic (exact) mass is 287 g/mol. The second-order valence-electron chi connectivity index (χ2n) is 5.95. The molecule has 110 valence electrons. The Hall–Kier alpha value is -2.44. The molecule has 0 bridgehead atoms. The van der Waals surface area contributed by atoms with E-state index in [0.717, 1.165) is 6.42 Å². The van der Waals surface area contributed by atoms with Gasteiger partial charge in [-0.15, -0.1) is 0 Å². The van der Waals surface area contributed by atoms with Crippen LogP contribution in [0.25, 0.3) is 11.2 Å². The molecule has 21 heavy (non-hydrogen) atoms. The second-order valence-corrected chi connectivity index (χ2v) is 5.95. The van der Waals surface area contributed by atoms with Gasteiger partial charge in [0.25, 0.3) is 0 Å². The van der Waals surface area contributed by atoms with Crippen molar-refractivity contribution in [3.63, 3.8) is 0 Å². The topological polar surface area (TPSA) is 81.9 Å². The van der Waals surface area contributed by atoms with Crippen molar-refractivity contribution in [3.05, 3.63) is 25.0 Å². The van der Waals surface area contributed by atoms with E-state index in [1.54, 1.807) is 12.6 Å². The van der Waals surface area contributed by atoms with Crippen LogP contribution in [0.4, 0.5) is 5.82 Å². The first kappa shape index (κ1) is 13.5. The first-order valence-corrected chi connectivity index (χ1v) is 6.76. The van der Waals surface area contributed by atoms with Gasteiger partial charge < -0.3 is 10.1 Å². The normalized spacial score (nSPS) is 18.0. The molecule has 0 aliphatic carbocycles. The van der Waals surface area contributed by atoms with Crippen LogP contribution >= 0.6 is 0 Å². The van der Waals surface area contributed by atoms with Crippen LogP contribution in [0.3, 0.4) is 0 Å². The summed E-state index contributed by atoms with van der Waals surface area (Å²) in [4.78, 5) is 24.8. The fourth-order valence-corrected chi connectivity index (χ4v) is 2.00. The van der Waals surface area contributed by atoms with Crippen molar-refractivity contribution in [1.82, 2.24) is 19.5 Å². The summed E-state index contributed by atoms with van der Waals surface area (Å²) < 4.78 is 7.31. The van der Waals surface area contributed by atoms with Gasteiger partial charge in [0.2, 0.25) is 5.91 Å². The lowest BCUT2D eigenvalue weighted by atomic mass is 9.96. The summed E-state index contributed by atoms with van der Waals surface area (Å²) >= 11 is 0. The Kier molecular flexibility index (Phi) is 3.12. The van der Waals surface area contributed by atoms with E-state index in [2.05, 4.69) is 20.3 Å². The average molecular weight is 287 g/mol. The summed E-state index contributed by atoms with van der Waals surface area (Å²) in [5.41, 5.74) is 0.701. The van der Waals surface area contributed by atoms with Gasteiger partial charge in [0.15, 0.2) is 23.2 Å². The lowest BCUT2D eigenvalue weighted by Gasteiger charge is -2.17. The van der Waals surface area contributed by atoms with Crippen molar-refractivity contribution in [2.24, 2.45) is 5.41 Å². The van der Waals surface area contributed by atoms with Gasteiger partial charge in [0, 0.05) is 11.8 Å². The Morgan fingerprint density at radius 1 is 1.38 bits per heavy atom. The zero-order chi connectivity index (χ0) is 15.0. The number of fused-ring (bicyclic) bond motifs is 1. The lowest BCUT2D eigenvalue weighted by Crippen LogP contribution is -2.28. The molecule has 0 spiro atoms. The molecule has 7 heteroatoms. The molecule has 2 aromatic heterocycles. The Labute approximate surface area is 122 Å². The maximum atomic E-state index is 12.1. The van der Waals surface area contributed by atoms with E-state index >= 15 is 0 Å². The molecule has 1 aliphatic rings. The fourth-order valence-electron chi connectivity index (χ4n) is 2.00. The van der Waals surface area contributed by atoms with Gasteiger partial charge >= 0.3 is 0 Å². The molecule has 1 amide bonds. The number of carbonyl (C=O) groups is 1. The molecule has 0 unspecified atom stereocenters. The highest BCUT2D eigenvalue weighted by Crippen LogP contribution is 2.27. The van der Waals surface area contributed by atoms with E-state index in [4.69, 9.17) is 4.74 Å². The highest BCUT2D eigenvalue weighted by atomic mass is 16.5. The van der Waals surface area contributed by atoms with Crippen molar-refractivity contribution >= 4 is 22.9 Å². The SMILES string of the molecule is CC(C)(C)C(=O)Nc1ncnc2c1ncn2[C@H]1CC=CO1. The number of ether oxygens (including phenoxy) is 1. The van der Waals surface area contributed by atoms with Crippen molar-refractivity contribution in [2.75, 3.05) is 5.32 Å². The number of carbonyl (C=O) groups excluding carboxylic acids is 1. The van der Waals surface area contributed by atoms with Gasteiger partial charge in [-0.25, -0.2) is 15.0 Å². The second kappa shape index (κ2) is 4.83. The molecule has 0 saturated heterocycles. The van der Waals surface area contributed by atoms with E-state index in [1.807, 2.05) is 31.4 Å². The number of anilines is 1. The largest absolute Gasteiger partial charge is 0.478 e. The van der Waals surface area contributed by atoms with Crippen molar-refractivity contribution < 1.29 is 9.53 Å². The summed E-state index contributed by atoms with van der Waals surface area (Å²) in [7, 11) is 0. The molecule has 7 nitrogen and oxygen atoms in total. The number of imidazole rings is 1. The van der Waals surface area contributed by atoms with Crippen LogP contribution in [0.5, 0.6) is 0 Å². The van der Waals surface area contributed by atoms with Crippen LogP contribution < -0.4 is 5.32 Å². The predicted molar refractivity (Wildman–Crippen MR) is 77.3 cm³/mol. The Morgan fingerprint density at radius 2 is 2.19 bits per heavy atom. The van der Waals surface area contributed by atoms with Crippen LogP contribution in [-0.4, -0.2) is 25.4 Å². The van der Waals surface area contributed by atoms with Crippen LogP contribution in [0.2, 0.25) is 0 Å². The number of hydrogen-bond donors (Lipinski definition) is 1. The number of aromatic nitrogens is 4. The summed E-state index contributed by atoms with van der Waals surface area (Å²) in [5, 5.41) is 2.81. The smallest absolute Gasteiger partial charge is 0.230 e. The maximum Gasteiger partial charge on any atom is 0.230 e. The number of amides is 1. The summed E-state index contributed by atoms with van der Waals surface area (Å²) in [6, 6.07) is 0. The number of hydrogen-bond acceptors (Lipinski definition) is 5.